The highest BCUT2D eigenvalue weighted by molar-refractivity contribution is 7.89. The van der Waals surface area contributed by atoms with E-state index in [4.69, 9.17) is 16.9 Å². The van der Waals surface area contributed by atoms with Crippen LogP contribution in [0.1, 0.15) is 33.3 Å². The molecule has 0 saturated heterocycles. The maximum absolute atomic E-state index is 12.3. The number of sulfonamides is 1. The Bertz CT molecular complexity index is 613. The summed E-state index contributed by atoms with van der Waals surface area (Å²) in [5.41, 5.74) is 0.0417. The van der Waals surface area contributed by atoms with Gasteiger partial charge < -0.3 is 0 Å². The summed E-state index contributed by atoms with van der Waals surface area (Å²) in [6, 6.07) is 5.81. The van der Waals surface area contributed by atoms with Gasteiger partial charge in [0.25, 0.3) is 0 Å². The molecule has 0 bridgehead atoms. The zero-order valence-corrected chi connectivity index (χ0v) is 12.9. The molecule has 1 aromatic carbocycles. The zero-order chi connectivity index (χ0) is 14.8. The van der Waals surface area contributed by atoms with Gasteiger partial charge in [0.05, 0.1) is 16.7 Å². The highest BCUT2D eigenvalue weighted by atomic mass is 35.5. The second kappa shape index (κ2) is 5.49. The van der Waals surface area contributed by atoms with Crippen LogP contribution < -0.4 is 4.72 Å². The predicted molar refractivity (Wildman–Crippen MR) is 75.4 cm³/mol. The minimum absolute atomic E-state index is 0.0654. The molecule has 0 aromatic heterocycles. The molecule has 1 aromatic rings. The molecular weight excluding hydrogens is 284 g/mol. The summed E-state index contributed by atoms with van der Waals surface area (Å²) in [5.74, 6) is 0. The third-order valence-corrected chi connectivity index (χ3v) is 5.00. The zero-order valence-electron chi connectivity index (χ0n) is 11.4. The number of hydrogen-bond acceptors (Lipinski definition) is 3. The molecule has 0 aliphatic rings. The van der Waals surface area contributed by atoms with Gasteiger partial charge in [-0.2, -0.15) is 5.26 Å². The Hall–Kier alpha value is -1.09. The maximum atomic E-state index is 12.3. The molecule has 0 heterocycles. The number of nitrogens with zero attached hydrogens (tertiary/aromatic N) is 1. The summed E-state index contributed by atoms with van der Waals surface area (Å²) < 4.78 is 27.1. The number of nitriles is 1. The number of rotatable bonds is 3. The molecule has 104 valence electrons. The van der Waals surface area contributed by atoms with Gasteiger partial charge in [0.15, 0.2) is 0 Å². The molecule has 0 amide bonds. The average Bonchev–Trinajstić information content (AvgIpc) is 2.27. The summed E-state index contributed by atoms with van der Waals surface area (Å²) in [7, 11) is -3.74. The van der Waals surface area contributed by atoms with Gasteiger partial charge in [-0.05, 0) is 30.5 Å². The standard InChI is InChI=1S/C13H17ClN2O2S/c1-9(13(2,3)4)16-19(17,18)12-7-10(8-15)5-6-11(12)14/h5-7,9,16H,1-4H3. The Morgan fingerprint density at radius 1 is 1.37 bits per heavy atom. The van der Waals surface area contributed by atoms with Crippen LogP contribution in [0.25, 0.3) is 0 Å². The molecule has 0 aliphatic carbocycles. The first-order chi connectivity index (χ1) is 8.58. The van der Waals surface area contributed by atoms with E-state index in [9.17, 15) is 8.42 Å². The largest absolute Gasteiger partial charge is 0.242 e. The van der Waals surface area contributed by atoms with Crippen LogP contribution in [0.15, 0.2) is 23.1 Å². The van der Waals surface area contributed by atoms with Gasteiger partial charge in [0, 0.05) is 6.04 Å². The smallest absolute Gasteiger partial charge is 0.208 e. The monoisotopic (exact) mass is 300 g/mol. The van der Waals surface area contributed by atoms with Crippen molar-refractivity contribution in [2.24, 2.45) is 5.41 Å². The molecular formula is C13H17ClN2O2S. The van der Waals surface area contributed by atoms with Crippen molar-refractivity contribution in [3.8, 4) is 6.07 Å². The maximum Gasteiger partial charge on any atom is 0.242 e. The third-order valence-electron chi connectivity index (χ3n) is 2.98. The predicted octanol–water partition coefficient (Wildman–Crippen LogP) is 2.92. The number of halogens is 1. The Labute approximate surface area is 119 Å². The molecule has 6 heteroatoms. The molecule has 0 saturated carbocycles. The molecule has 1 unspecified atom stereocenters. The minimum atomic E-state index is -3.74. The van der Waals surface area contributed by atoms with Crippen molar-refractivity contribution in [1.82, 2.24) is 4.72 Å². The number of hydrogen-bond donors (Lipinski definition) is 1. The normalized spacial score (nSPS) is 13.9. The Morgan fingerprint density at radius 3 is 2.42 bits per heavy atom. The van der Waals surface area contributed by atoms with E-state index in [1.165, 1.54) is 18.2 Å². The Kier molecular flexibility index (Phi) is 4.62. The first-order valence-electron chi connectivity index (χ1n) is 5.80. The summed E-state index contributed by atoms with van der Waals surface area (Å²) in [6.07, 6.45) is 0. The van der Waals surface area contributed by atoms with Gasteiger partial charge >= 0.3 is 0 Å². The van der Waals surface area contributed by atoms with Crippen LogP contribution in [-0.2, 0) is 10.0 Å². The highest BCUT2D eigenvalue weighted by Crippen LogP contribution is 2.25. The fraction of sp³-hybridized carbons (Fsp3) is 0.462. The quantitative estimate of drug-likeness (QED) is 0.933. The van der Waals surface area contributed by atoms with E-state index in [-0.39, 0.29) is 26.9 Å². The second-order valence-electron chi connectivity index (χ2n) is 5.47. The van der Waals surface area contributed by atoms with Crippen LogP contribution >= 0.6 is 11.6 Å². The minimum Gasteiger partial charge on any atom is -0.208 e. The van der Waals surface area contributed by atoms with Gasteiger partial charge in [-0.1, -0.05) is 32.4 Å². The molecule has 1 atom stereocenters. The first kappa shape index (κ1) is 16.0. The van der Waals surface area contributed by atoms with Gasteiger partial charge in [0.1, 0.15) is 4.90 Å². The second-order valence-corrected chi connectivity index (χ2v) is 7.56. The highest BCUT2D eigenvalue weighted by Gasteiger charge is 2.27. The molecule has 19 heavy (non-hydrogen) atoms. The number of benzene rings is 1. The number of nitrogens with one attached hydrogen (secondary N) is 1. The van der Waals surface area contributed by atoms with Crippen molar-refractivity contribution >= 4 is 21.6 Å². The van der Waals surface area contributed by atoms with E-state index >= 15 is 0 Å². The van der Waals surface area contributed by atoms with Gasteiger partial charge in [-0.15, -0.1) is 0 Å². The van der Waals surface area contributed by atoms with E-state index < -0.39 is 10.0 Å². The first-order valence-corrected chi connectivity index (χ1v) is 7.66. The van der Waals surface area contributed by atoms with Crippen molar-refractivity contribution in [2.45, 2.75) is 38.6 Å². The lowest BCUT2D eigenvalue weighted by Crippen LogP contribution is -2.41. The topological polar surface area (TPSA) is 70.0 Å². The molecule has 1 rings (SSSR count). The van der Waals surface area contributed by atoms with E-state index in [1.54, 1.807) is 6.92 Å². The van der Waals surface area contributed by atoms with Gasteiger partial charge in [-0.3, -0.25) is 0 Å². The molecule has 4 nitrogen and oxygen atoms in total. The molecule has 0 radical (unpaired) electrons. The summed E-state index contributed by atoms with van der Waals surface area (Å²) in [6.45, 7) is 7.61. The van der Waals surface area contributed by atoms with Crippen molar-refractivity contribution < 1.29 is 8.42 Å². The fourth-order valence-corrected chi connectivity index (χ4v) is 3.23. The van der Waals surface area contributed by atoms with E-state index in [2.05, 4.69) is 4.72 Å². The van der Waals surface area contributed by atoms with Crippen molar-refractivity contribution in [2.75, 3.05) is 0 Å². The van der Waals surface area contributed by atoms with Crippen LogP contribution in [0.3, 0.4) is 0 Å². The molecule has 0 aliphatic heterocycles. The molecule has 0 fully saturated rings. The van der Waals surface area contributed by atoms with Crippen LogP contribution in [-0.4, -0.2) is 14.5 Å². The lowest BCUT2D eigenvalue weighted by Gasteiger charge is -2.28. The van der Waals surface area contributed by atoms with Gasteiger partial charge in [-0.25, -0.2) is 13.1 Å². The Balaban J connectivity index is 3.18. The van der Waals surface area contributed by atoms with Crippen molar-refractivity contribution in [3.05, 3.63) is 28.8 Å². The average molecular weight is 301 g/mol. The SMILES string of the molecule is CC(NS(=O)(=O)c1cc(C#N)ccc1Cl)C(C)(C)C. The van der Waals surface area contributed by atoms with Gasteiger partial charge in [0.2, 0.25) is 10.0 Å². The van der Waals surface area contributed by atoms with Crippen LogP contribution in [0, 0.1) is 16.7 Å². The summed E-state index contributed by atoms with van der Waals surface area (Å²) >= 11 is 5.91. The van der Waals surface area contributed by atoms with E-state index in [0.29, 0.717) is 0 Å². The van der Waals surface area contributed by atoms with Crippen LogP contribution in [0.5, 0.6) is 0 Å². The van der Waals surface area contributed by atoms with E-state index in [1.807, 2.05) is 26.8 Å². The summed E-state index contributed by atoms with van der Waals surface area (Å²) in [4.78, 5) is -0.0654. The van der Waals surface area contributed by atoms with Crippen molar-refractivity contribution in [1.29, 1.82) is 5.26 Å². The Morgan fingerprint density at radius 2 is 1.95 bits per heavy atom. The third kappa shape index (κ3) is 3.93. The van der Waals surface area contributed by atoms with Crippen molar-refractivity contribution in [3.63, 3.8) is 0 Å². The lowest BCUT2D eigenvalue weighted by molar-refractivity contribution is 0.317. The molecule has 0 spiro atoms. The van der Waals surface area contributed by atoms with Crippen LogP contribution in [0.4, 0.5) is 0 Å². The fourth-order valence-electron chi connectivity index (χ4n) is 1.25. The summed E-state index contributed by atoms with van der Waals surface area (Å²) in [5, 5.41) is 8.93. The van der Waals surface area contributed by atoms with Crippen LogP contribution in [0.2, 0.25) is 5.02 Å². The lowest BCUT2D eigenvalue weighted by atomic mass is 9.89. The van der Waals surface area contributed by atoms with E-state index in [0.717, 1.165) is 0 Å². The molecule has 1 N–H and O–H groups in total.